The highest BCUT2D eigenvalue weighted by Gasteiger charge is 2.12. The minimum atomic E-state index is -0.220. The van der Waals surface area contributed by atoms with Gasteiger partial charge in [0.25, 0.3) is 11.8 Å². The third-order valence-electron chi connectivity index (χ3n) is 4.05. The molecule has 7 nitrogen and oxygen atoms in total. The molecule has 0 bridgehead atoms. The predicted octanol–water partition coefficient (Wildman–Crippen LogP) is 4.87. The third kappa shape index (κ3) is 5.34. The fourth-order valence-electron chi connectivity index (χ4n) is 2.62. The summed E-state index contributed by atoms with van der Waals surface area (Å²) < 4.78 is 16.6. The van der Waals surface area contributed by atoms with Gasteiger partial charge in [0.1, 0.15) is 0 Å². The lowest BCUT2D eigenvalue weighted by Crippen LogP contribution is -2.12. The van der Waals surface area contributed by atoms with Crippen LogP contribution in [0.2, 0.25) is 0 Å². The molecule has 0 fully saturated rings. The smallest absolute Gasteiger partial charge is 0.257 e. The number of rotatable bonds is 9. The molecule has 0 saturated carbocycles. The fourth-order valence-corrected chi connectivity index (χ4v) is 2.62. The van der Waals surface area contributed by atoms with Crippen molar-refractivity contribution in [3.8, 4) is 23.0 Å². The van der Waals surface area contributed by atoms with Gasteiger partial charge in [0.2, 0.25) is 0 Å². The highest BCUT2D eigenvalue weighted by molar-refractivity contribution is 6.04. The van der Waals surface area contributed by atoms with Crippen molar-refractivity contribution in [2.75, 3.05) is 18.5 Å². The van der Waals surface area contributed by atoms with Crippen molar-refractivity contribution in [3.63, 3.8) is 0 Å². The van der Waals surface area contributed by atoms with Gasteiger partial charge in [-0.3, -0.25) is 4.79 Å². The summed E-state index contributed by atoms with van der Waals surface area (Å²) in [6, 6.07) is 12.4. The van der Waals surface area contributed by atoms with Crippen LogP contribution in [0.25, 0.3) is 11.5 Å². The van der Waals surface area contributed by atoms with Gasteiger partial charge in [-0.25, -0.2) is 0 Å². The lowest BCUT2D eigenvalue weighted by molar-refractivity contribution is 0.102. The highest BCUT2D eigenvalue weighted by Crippen LogP contribution is 2.31. The number of hydrogen-bond acceptors (Lipinski definition) is 6. The Labute approximate surface area is 170 Å². The second-order valence-corrected chi connectivity index (χ2v) is 6.54. The molecular weight excluding hydrogens is 370 g/mol. The molecule has 1 aromatic heterocycles. The van der Waals surface area contributed by atoms with Crippen LogP contribution < -0.4 is 14.8 Å². The van der Waals surface area contributed by atoms with Crippen molar-refractivity contribution in [1.29, 1.82) is 0 Å². The van der Waals surface area contributed by atoms with Crippen molar-refractivity contribution in [3.05, 3.63) is 53.9 Å². The predicted molar refractivity (Wildman–Crippen MR) is 110 cm³/mol. The van der Waals surface area contributed by atoms with Crippen LogP contribution in [0.5, 0.6) is 11.5 Å². The van der Waals surface area contributed by atoms with Crippen molar-refractivity contribution >= 4 is 11.6 Å². The molecule has 0 unspecified atom stereocenters. The minimum Gasteiger partial charge on any atom is -0.490 e. The van der Waals surface area contributed by atoms with E-state index in [1.54, 1.807) is 43.3 Å². The van der Waals surface area contributed by atoms with Gasteiger partial charge >= 0.3 is 0 Å². The summed E-state index contributed by atoms with van der Waals surface area (Å²) >= 11 is 0. The standard InChI is InChI=1S/C22H25N3O4/c1-4-12-27-19-11-10-18(14-20(19)28-13-5-2)24-21(26)16-6-8-17(9-7-16)22-23-15(3)25-29-22/h6-11,14H,4-5,12-13H2,1-3H3,(H,24,26). The van der Waals surface area contributed by atoms with E-state index < -0.39 is 0 Å². The van der Waals surface area contributed by atoms with Gasteiger partial charge in [-0.2, -0.15) is 4.98 Å². The Balaban J connectivity index is 1.72. The quantitative estimate of drug-likeness (QED) is 0.556. The van der Waals surface area contributed by atoms with E-state index in [9.17, 15) is 4.79 Å². The van der Waals surface area contributed by atoms with E-state index in [-0.39, 0.29) is 5.91 Å². The number of carbonyl (C=O) groups is 1. The van der Waals surface area contributed by atoms with Crippen LogP contribution in [-0.2, 0) is 0 Å². The topological polar surface area (TPSA) is 86.5 Å². The number of amides is 1. The molecule has 1 amide bonds. The first-order valence-corrected chi connectivity index (χ1v) is 9.72. The Kier molecular flexibility index (Phi) is 6.84. The Bertz CT molecular complexity index is 951. The molecule has 3 rings (SSSR count). The summed E-state index contributed by atoms with van der Waals surface area (Å²) in [4.78, 5) is 16.8. The molecule has 1 heterocycles. The Morgan fingerprint density at radius 2 is 1.69 bits per heavy atom. The number of benzene rings is 2. The van der Waals surface area contributed by atoms with Gasteiger partial charge in [0.15, 0.2) is 17.3 Å². The van der Waals surface area contributed by atoms with E-state index in [4.69, 9.17) is 14.0 Å². The van der Waals surface area contributed by atoms with Gasteiger partial charge in [-0.15, -0.1) is 0 Å². The van der Waals surface area contributed by atoms with Crippen molar-refractivity contribution in [1.82, 2.24) is 10.1 Å². The molecule has 0 aliphatic carbocycles. The molecule has 0 saturated heterocycles. The Morgan fingerprint density at radius 1 is 1.00 bits per heavy atom. The van der Waals surface area contributed by atoms with E-state index in [0.717, 1.165) is 18.4 Å². The maximum atomic E-state index is 12.6. The van der Waals surface area contributed by atoms with Crippen LogP contribution in [0.15, 0.2) is 47.0 Å². The fraction of sp³-hybridized carbons (Fsp3) is 0.318. The van der Waals surface area contributed by atoms with E-state index in [1.165, 1.54) is 0 Å². The molecule has 152 valence electrons. The van der Waals surface area contributed by atoms with E-state index in [1.807, 2.05) is 19.9 Å². The van der Waals surface area contributed by atoms with Crippen molar-refractivity contribution < 1.29 is 18.8 Å². The SMILES string of the molecule is CCCOc1ccc(NC(=O)c2ccc(-c3nc(C)no3)cc2)cc1OCCC. The van der Waals surface area contributed by atoms with Crippen molar-refractivity contribution in [2.45, 2.75) is 33.6 Å². The first kappa shape index (κ1) is 20.4. The van der Waals surface area contributed by atoms with E-state index in [2.05, 4.69) is 15.5 Å². The van der Waals surface area contributed by atoms with Crippen LogP contribution in [0.3, 0.4) is 0 Å². The molecule has 0 spiro atoms. The minimum absolute atomic E-state index is 0.220. The van der Waals surface area contributed by atoms with Crippen LogP contribution in [-0.4, -0.2) is 29.3 Å². The largest absolute Gasteiger partial charge is 0.490 e. The first-order valence-electron chi connectivity index (χ1n) is 9.72. The number of nitrogens with zero attached hydrogens (tertiary/aromatic N) is 2. The molecular formula is C22H25N3O4. The molecule has 0 atom stereocenters. The number of anilines is 1. The number of aromatic nitrogens is 2. The Hall–Kier alpha value is -3.35. The van der Waals surface area contributed by atoms with Crippen LogP contribution in [0.1, 0.15) is 42.9 Å². The zero-order valence-electron chi connectivity index (χ0n) is 16.9. The van der Waals surface area contributed by atoms with E-state index in [0.29, 0.717) is 47.7 Å². The molecule has 0 aliphatic heterocycles. The molecule has 7 heteroatoms. The van der Waals surface area contributed by atoms with Gasteiger partial charge in [0.05, 0.1) is 13.2 Å². The summed E-state index contributed by atoms with van der Waals surface area (Å²) in [6.45, 7) is 7.03. The summed E-state index contributed by atoms with van der Waals surface area (Å²) in [7, 11) is 0. The maximum Gasteiger partial charge on any atom is 0.257 e. The van der Waals surface area contributed by atoms with Gasteiger partial charge in [-0.05, 0) is 56.2 Å². The molecule has 2 aromatic carbocycles. The normalized spacial score (nSPS) is 10.6. The Morgan fingerprint density at radius 3 is 2.31 bits per heavy atom. The summed E-state index contributed by atoms with van der Waals surface area (Å²) in [5.41, 5.74) is 1.92. The lowest BCUT2D eigenvalue weighted by Gasteiger charge is -2.14. The van der Waals surface area contributed by atoms with Crippen LogP contribution in [0, 0.1) is 6.92 Å². The molecule has 29 heavy (non-hydrogen) atoms. The zero-order chi connectivity index (χ0) is 20.6. The molecule has 1 N–H and O–H groups in total. The molecule has 3 aromatic rings. The summed E-state index contributed by atoms with van der Waals surface area (Å²) in [6.07, 6.45) is 1.79. The number of ether oxygens (including phenoxy) is 2. The molecule has 0 aliphatic rings. The second kappa shape index (κ2) is 9.73. The second-order valence-electron chi connectivity index (χ2n) is 6.54. The number of hydrogen-bond donors (Lipinski definition) is 1. The molecule has 0 radical (unpaired) electrons. The van der Waals surface area contributed by atoms with Crippen molar-refractivity contribution in [2.24, 2.45) is 0 Å². The maximum absolute atomic E-state index is 12.6. The summed E-state index contributed by atoms with van der Waals surface area (Å²) in [5.74, 6) is 2.07. The lowest BCUT2D eigenvalue weighted by atomic mass is 10.1. The number of nitrogens with one attached hydrogen (secondary N) is 1. The first-order chi connectivity index (χ1) is 14.1. The van der Waals surface area contributed by atoms with Crippen LogP contribution in [0.4, 0.5) is 5.69 Å². The number of carbonyl (C=O) groups excluding carboxylic acids is 1. The van der Waals surface area contributed by atoms with Gasteiger partial charge < -0.3 is 19.3 Å². The van der Waals surface area contributed by atoms with Crippen LogP contribution >= 0.6 is 0 Å². The zero-order valence-corrected chi connectivity index (χ0v) is 16.9. The van der Waals surface area contributed by atoms with Gasteiger partial charge in [-0.1, -0.05) is 19.0 Å². The summed E-state index contributed by atoms with van der Waals surface area (Å²) in [5, 5.41) is 6.67. The average Bonchev–Trinajstić information content (AvgIpc) is 3.18. The average molecular weight is 395 g/mol. The highest BCUT2D eigenvalue weighted by atomic mass is 16.5. The van der Waals surface area contributed by atoms with E-state index >= 15 is 0 Å². The third-order valence-corrected chi connectivity index (χ3v) is 4.05. The van der Waals surface area contributed by atoms with Gasteiger partial charge in [0, 0.05) is 22.9 Å². The number of aryl methyl sites for hydroxylation is 1. The monoisotopic (exact) mass is 395 g/mol.